The number of oxazole rings is 1. The van der Waals surface area contributed by atoms with Crippen molar-refractivity contribution in [3.8, 4) is 0 Å². The van der Waals surface area contributed by atoms with Gasteiger partial charge in [-0.05, 0) is 18.6 Å². The highest BCUT2D eigenvalue weighted by Gasteiger charge is 2.11. The lowest BCUT2D eigenvalue weighted by Gasteiger charge is -2.08. The molecule has 24 heavy (non-hydrogen) atoms. The van der Waals surface area contributed by atoms with Crippen LogP contribution in [-0.4, -0.2) is 20.3 Å². The minimum Gasteiger partial charge on any atom is -0.408 e. The highest BCUT2D eigenvalue weighted by atomic mass is 16.4. The van der Waals surface area contributed by atoms with E-state index in [2.05, 4.69) is 17.3 Å². The first kappa shape index (κ1) is 16.0. The van der Waals surface area contributed by atoms with E-state index in [-0.39, 0.29) is 18.9 Å². The van der Waals surface area contributed by atoms with E-state index in [0.717, 1.165) is 19.4 Å². The maximum atomic E-state index is 12.2. The fourth-order valence-corrected chi connectivity index (χ4v) is 2.57. The number of aryl methyl sites for hydroxylation is 2. The van der Waals surface area contributed by atoms with Crippen molar-refractivity contribution < 1.29 is 9.21 Å². The normalized spacial score (nSPS) is 11.0. The Balaban J connectivity index is 1.64. The van der Waals surface area contributed by atoms with Gasteiger partial charge < -0.3 is 9.73 Å². The summed E-state index contributed by atoms with van der Waals surface area (Å²) in [5.74, 6) is 0.0697. The summed E-state index contributed by atoms with van der Waals surface area (Å²) in [4.78, 5) is 24.1. The quantitative estimate of drug-likeness (QED) is 0.723. The second-order valence-electron chi connectivity index (χ2n) is 5.58. The van der Waals surface area contributed by atoms with Crippen molar-refractivity contribution in [3.63, 3.8) is 0 Å². The molecule has 0 spiro atoms. The Labute approximate surface area is 138 Å². The van der Waals surface area contributed by atoms with Crippen LogP contribution in [0.5, 0.6) is 0 Å². The first-order valence-electron chi connectivity index (χ1n) is 8.09. The molecule has 0 aliphatic carbocycles. The Morgan fingerprint density at radius 2 is 2.08 bits per heavy atom. The average molecular weight is 328 g/mol. The van der Waals surface area contributed by atoms with Crippen LogP contribution in [0.4, 0.5) is 5.82 Å². The summed E-state index contributed by atoms with van der Waals surface area (Å²) in [5, 5.41) is 7.05. The highest BCUT2D eigenvalue weighted by Crippen LogP contribution is 2.13. The number of nitrogens with one attached hydrogen (secondary N) is 1. The molecule has 0 aliphatic rings. The number of amides is 1. The van der Waals surface area contributed by atoms with Crippen molar-refractivity contribution in [1.29, 1.82) is 0 Å². The molecule has 0 saturated carbocycles. The van der Waals surface area contributed by atoms with E-state index in [4.69, 9.17) is 4.42 Å². The summed E-state index contributed by atoms with van der Waals surface area (Å²) in [6.07, 6.45) is 3.91. The molecule has 7 nitrogen and oxygen atoms in total. The van der Waals surface area contributed by atoms with E-state index < -0.39 is 5.76 Å². The van der Waals surface area contributed by atoms with Gasteiger partial charge in [-0.3, -0.25) is 9.36 Å². The lowest BCUT2D eigenvalue weighted by molar-refractivity contribution is -0.116. The minimum atomic E-state index is -0.447. The Morgan fingerprint density at radius 1 is 1.25 bits per heavy atom. The summed E-state index contributed by atoms with van der Waals surface area (Å²) in [6.45, 7) is 3.14. The number of para-hydroxylation sites is 2. The van der Waals surface area contributed by atoms with Crippen LogP contribution in [0.15, 0.2) is 45.7 Å². The summed E-state index contributed by atoms with van der Waals surface area (Å²) >= 11 is 0. The second-order valence-corrected chi connectivity index (χ2v) is 5.58. The number of hydrogen-bond donors (Lipinski definition) is 1. The lowest BCUT2D eigenvalue weighted by Crippen LogP contribution is -2.21. The average Bonchev–Trinajstić information content (AvgIpc) is 3.14. The molecule has 0 unspecified atom stereocenters. The van der Waals surface area contributed by atoms with Crippen LogP contribution < -0.4 is 11.1 Å². The van der Waals surface area contributed by atoms with E-state index >= 15 is 0 Å². The zero-order valence-corrected chi connectivity index (χ0v) is 13.6. The number of aromatic nitrogens is 3. The van der Waals surface area contributed by atoms with Crippen LogP contribution >= 0.6 is 0 Å². The standard InChI is InChI=1S/C17H20N4O3/c1-2-3-11-21-15(8-10-18-21)19-16(22)9-12-20-13-6-4-5-7-14(13)24-17(20)23/h4-8,10H,2-3,9,11-12H2,1H3,(H,19,22). The van der Waals surface area contributed by atoms with Crippen molar-refractivity contribution >= 4 is 22.8 Å². The topological polar surface area (TPSA) is 82.1 Å². The lowest BCUT2D eigenvalue weighted by atomic mass is 10.3. The molecule has 0 fully saturated rings. The Morgan fingerprint density at radius 3 is 2.92 bits per heavy atom. The number of carbonyl (C=O) groups is 1. The molecule has 0 atom stereocenters. The molecule has 1 aromatic carbocycles. The molecule has 1 N–H and O–H groups in total. The summed E-state index contributed by atoms with van der Waals surface area (Å²) in [5.41, 5.74) is 1.23. The zero-order chi connectivity index (χ0) is 16.9. The van der Waals surface area contributed by atoms with E-state index in [9.17, 15) is 9.59 Å². The fourth-order valence-electron chi connectivity index (χ4n) is 2.57. The molecule has 2 heterocycles. The third-order valence-corrected chi connectivity index (χ3v) is 3.84. The van der Waals surface area contributed by atoms with Gasteiger partial charge in [0, 0.05) is 25.6 Å². The number of fused-ring (bicyclic) bond motifs is 1. The molecule has 126 valence electrons. The predicted molar refractivity (Wildman–Crippen MR) is 90.9 cm³/mol. The van der Waals surface area contributed by atoms with Gasteiger partial charge in [-0.2, -0.15) is 5.10 Å². The van der Waals surface area contributed by atoms with Crippen LogP contribution in [0.3, 0.4) is 0 Å². The summed E-state index contributed by atoms with van der Waals surface area (Å²) < 4.78 is 8.42. The van der Waals surface area contributed by atoms with Crippen molar-refractivity contribution in [2.45, 2.75) is 39.3 Å². The third kappa shape index (κ3) is 3.40. The van der Waals surface area contributed by atoms with Gasteiger partial charge in [0.2, 0.25) is 5.91 Å². The first-order valence-corrected chi connectivity index (χ1v) is 8.09. The maximum Gasteiger partial charge on any atom is 0.419 e. The van der Waals surface area contributed by atoms with E-state index in [1.165, 1.54) is 4.57 Å². The first-order chi connectivity index (χ1) is 11.7. The molecule has 0 saturated heterocycles. The Bertz CT molecular complexity index is 891. The number of benzene rings is 1. The van der Waals surface area contributed by atoms with Crippen LogP contribution in [0.25, 0.3) is 11.1 Å². The molecular formula is C17H20N4O3. The molecule has 3 aromatic rings. The van der Waals surface area contributed by atoms with Crippen LogP contribution in [0, 0.1) is 0 Å². The number of carbonyl (C=O) groups excluding carboxylic acids is 1. The fraction of sp³-hybridized carbons (Fsp3) is 0.353. The van der Waals surface area contributed by atoms with Crippen molar-refractivity contribution in [1.82, 2.24) is 14.3 Å². The Kier molecular flexibility index (Phi) is 4.79. The third-order valence-electron chi connectivity index (χ3n) is 3.84. The molecule has 2 aromatic heterocycles. The minimum absolute atomic E-state index is 0.162. The van der Waals surface area contributed by atoms with Gasteiger partial charge in [0.1, 0.15) is 5.82 Å². The Hall–Kier alpha value is -2.83. The van der Waals surface area contributed by atoms with Gasteiger partial charge in [-0.1, -0.05) is 25.5 Å². The predicted octanol–water partition coefficient (Wildman–Crippen LogP) is 2.62. The molecule has 7 heteroatoms. The maximum absolute atomic E-state index is 12.2. The molecule has 0 bridgehead atoms. The van der Waals surface area contributed by atoms with Gasteiger partial charge in [0.25, 0.3) is 0 Å². The molecule has 0 aliphatic heterocycles. The smallest absolute Gasteiger partial charge is 0.408 e. The highest BCUT2D eigenvalue weighted by molar-refractivity contribution is 5.89. The van der Waals surface area contributed by atoms with Gasteiger partial charge >= 0.3 is 5.76 Å². The van der Waals surface area contributed by atoms with Crippen LogP contribution in [0.2, 0.25) is 0 Å². The van der Waals surface area contributed by atoms with Crippen LogP contribution in [-0.2, 0) is 17.9 Å². The molecule has 3 rings (SSSR count). The van der Waals surface area contributed by atoms with Crippen LogP contribution in [0.1, 0.15) is 26.2 Å². The second kappa shape index (κ2) is 7.16. The van der Waals surface area contributed by atoms with E-state index in [0.29, 0.717) is 16.9 Å². The van der Waals surface area contributed by atoms with Gasteiger partial charge in [0.15, 0.2) is 5.58 Å². The van der Waals surface area contributed by atoms with E-state index in [1.807, 2.05) is 6.07 Å². The monoisotopic (exact) mass is 328 g/mol. The number of rotatable bonds is 7. The SMILES string of the molecule is CCCCn1nccc1NC(=O)CCn1c(=O)oc2ccccc21. The molecular weight excluding hydrogens is 308 g/mol. The molecule has 0 radical (unpaired) electrons. The summed E-state index contributed by atoms with van der Waals surface area (Å²) in [7, 11) is 0. The largest absolute Gasteiger partial charge is 0.419 e. The van der Waals surface area contributed by atoms with Crippen molar-refractivity contribution in [2.24, 2.45) is 0 Å². The van der Waals surface area contributed by atoms with Crippen molar-refractivity contribution in [3.05, 3.63) is 47.1 Å². The molecule has 1 amide bonds. The number of hydrogen-bond acceptors (Lipinski definition) is 4. The van der Waals surface area contributed by atoms with E-state index in [1.54, 1.807) is 35.1 Å². The number of unbranched alkanes of at least 4 members (excludes halogenated alkanes) is 1. The summed E-state index contributed by atoms with van der Waals surface area (Å²) in [6, 6.07) is 8.95. The van der Waals surface area contributed by atoms with Gasteiger partial charge in [-0.15, -0.1) is 0 Å². The zero-order valence-electron chi connectivity index (χ0n) is 13.6. The van der Waals surface area contributed by atoms with Gasteiger partial charge in [-0.25, -0.2) is 9.48 Å². The number of nitrogens with zero attached hydrogens (tertiary/aromatic N) is 3. The van der Waals surface area contributed by atoms with Crippen molar-refractivity contribution in [2.75, 3.05) is 5.32 Å². The van der Waals surface area contributed by atoms with Gasteiger partial charge in [0.05, 0.1) is 11.7 Å². The number of anilines is 1.